The lowest BCUT2D eigenvalue weighted by Gasteiger charge is -2.22. The van der Waals surface area contributed by atoms with Gasteiger partial charge in [0.15, 0.2) is 0 Å². The van der Waals surface area contributed by atoms with Gasteiger partial charge >= 0.3 is 0 Å². The summed E-state index contributed by atoms with van der Waals surface area (Å²) in [5, 5.41) is 0.232. The van der Waals surface area contributed by atoms with Crippen LogP contribution >= 0.6 is 11.6 Å². The minimum absolute atomic E-state index is 0.232. The zero-order valence-electron chi connectivity index (χ0n) is 12.3. The van der Waals surface area contributed by atoms with Gasteiger partial charge in [-0.25, -0.2) is 4.98 Å². The number of alkyl halides is 1. The Bertz CT molecular complexity index is 507. The van der Waals surface area contributed by atoms with Crippen LogP contribution in [-0.4, -0.2) is 14.9 Å². The summed E-state index contributed by atoms with van der Waals surface area (Å²) in [5.41, 5.74) is 1.35. The van der Waals surface area contributed by atoms with Crippen molar-refractivity contribution in [3.05, 3.63) is 54.1 Å². The van der Waals surface area contributed by atoms with Crippen LogP contribution in [0.1, 0.15) is 43.6 Å². The number of hydrogen-bond donors (Lipinski definition) is 0. The van der Waals surface area contributed by atoms with Gasteiger partial charge in [-0.15, -0.1) is 11.6 Å². The van der Waals surface area contributed by atoms with Gasteiger partial charge in [0.1, 0.15) is 5.82 Å². The molecule has 0 aliphatic rings. The molecular weight excluding hydrogens is 268 g/mol. The first-order chi connectivity index (χ1) is 9.70. The van der Waals surface area contributed by atoms with E-state index in [2.05, 4.69) is 59.9 Å². The van der Waals surface area contributed by atoms with Crippen molar-refractivity contribution >= 4 is 11.6 Å². The topological polar surface area (TPSA) is 17.8 Å². The van der Waals surface area contributed by atoms with E-state index in [-0.39, 0.29) is 5.38 Å². The van der Waals surface area contributed by atoms with Crippen LogP contribution in [0.3, 0.4) is 0 Å². The molecule has 20 heavy (non-hydrogen) atoms. The van der Waals surface area contributed by atoms with Crippen LogP contribution in [0.25, 0.3) is 0 Å². The average molecular weight is 291 g/mol. The molecule has 1 aromatic carbocycles. The molecule has 0 bridgehead atoms. The normalized spacial score (nSPS) is 14.2. The molecule has 2 aromatic rings. The second kappa shape index (κ2) is 7.49. The lowest BCUT2D eigenvalue weighted by atomic mass is 10.00. The van der Waals surface area contributed by atoms with E-state index in [1.54, 1.807) is 0 Å². The van der Waals surface area contributed by atoms with Gasteiger partial charge in [-0.05, 0) is 31.7 Å². The van der Waals surface area contributed by atoms with Gasteiger partial charge in [0.05, 0.1) is 0 Å². The summed E-state index contributed by atoms with van der Waals surface area (Å²) in [6.07, 6.45) is 8.14. The van der Waals surface area contributed by atoms with Crippen LogP contribution in [0, 0.1) is 6.92 Å². The largest absolute Gasteiger partial charge is 0.332 e. The molecule has 0 fully saturated rings. The molecule has 0 aliphatic carbocycles. The molecule has 3 heteroatoms. The smallest absolute Gasteiger partial charge is 0.105 e. The fourth-order valence-corrected chi connectivity index (χ4v) is 3.11. The quantitative estimate of drug-likeness (QED) is 0.672. The fourth-order valence-electron chi connectivity index (χ4n) is 2.68. The van der Waals surface area contributed by atoms with Gasteiger partial charge in [0.2, 0.25) is 0 Å². The lowest BCUT2D eigenvalue weighted by molar-refractivity contribution is 0.436. The van der Waals surface area contributed by atoms with Crippen molar-refractivity contribution in [2.24, 2.45) is 0 Å². The van der Waals surface area contributed by atoms with E-state index in [1.165, 1.54) is 5.56 Å². The summed E-state index contributed by atoms with van der Waals surface area (Å²) < 4.78 is 2.26. The predicted molar refractivity (Wildman–Crippen MR) is 85.3 cm³/mol. The van der Waals surface area contributed by atoms with Gasteiger partial charge in [-0.2, -0.15) is 0 Å². The predicted octanol–water partition coefficient (Wildman–Crippen LogP) is 4.77. The maximum atomic E-state index is 6.48. The third-order valence-corrected chi connectivity index (χ3v) is 4.10. The van der Waals surface area contributed by atoms with Crippen molar-refractivity contribution in [2.75, 3.05) is 0 Å². The van der Waals surface area contributed by atoms with Crippen molar-refractivity contribution in [1.82, 2.24) is 9.55 Å². The molecule has 2 unspecified atom stereocenters. The van der Waals surface area contributed by atoms with Crippen molar-refractivity contribution in [2.45, 2.75) is 50.9 Å². The highest BCUT2D eigenvalue weighted by Gasteiger charge is 2.17. The Balaban J connectivity index is 2.14. The molecule has 1 aromatic heterocycles. The summed E-state index contributed by atoms with van der Waals surface area (Å²) in [6.45, 7) is 4.24. The molecule has 0 radical (unpaired) electrons. The number of benzene rings is 1. The Morgan fingerprint density at radius 1 is 1.25 bits per heavy atom. The Morgan fingerprint density at radius 2 is 2.00 bits per heavy atom. The average Bonchev–Trinajstić information content (AvgIpc) is 2.86. The molecule has 0 saturated heterocycles. The Labute approximate surface area is 126 Å². The van der Waals surface area contributed by atoms with E-state index < -0.39 is 0 Å². The highest BCUT2D eigenvalue weighted by Crippen LogP contribution is 2.25. The third-order valence-electron chi connectivity index (χ3n) is 3.70. The minimum Gasteiger partial charge on any atom is -0.332 e. The number of aryl methyl sites for hydroxylation is 1. The zero-order valence-corrected chi connectivity index (χ0v) is 13.1. The number of halogens is 1. The Kier molecular flexibility index (Phi) is 5.66. The highest BCUT2D eigenvalue weighted by molar-refractivity contribution is 6.20. The van der Waals surface area contributed by atoms with Crippen LogP contribution in [0.2, 0.25) is 0 Å². The fraction of sp³-hybridized carbons (Fsp3) is 0.471. The van der Waals surface area contributed by atoms with E-state index in [0.29, 0.717) is 6.04 Å². The SMILES string of the molecule is CCCC(Cl)CC(Cc1ccccc1)n1ccnc1C. The molecule has 2 rings (SSSR count). The number of aromatic nitrogens is 2. The van der Waals surface area contributed by atoms with Crippen molar-refractivity contribution in [3.8, 4) is 0 Å². The number of rotatable bonds is 7. The van der Waals surface area contributed by atoms with E-state index in [0.717, 1.165) is 31.5 Å². The maximum absolute atomic E-state index is 6.48. The third kappa shape index (κ3) is 4.11. The van der Waals surface area contributed by atoms with Crippen LogP contribution in [0.15, 0.2) is 42.7 Å². The van der Waals surface area contributed by atoms with Gasteiger partial charge in [-0.1, -0.05) is 43.7 Å². The second-order valence-electron chi connectivity index (χ2n) is 5.35. The summed E-state index contributed by atoms with van der Waals surface area (Å²) >= 11 is 6.48. The highest BCUT2D eigenvalue weighted by atomic mass is 35.5. The van der Waals surface area contributed by atoms with Crippen LogP contribution < -0.4 is 0 Å². The monoisotopic (exact) mass is 290 g/mol. The van der Waals surface area contributed by atoms with Gasteiger partial charge in [0.25, 0.3) is 0 Å². The summed E-state index contributed by atoms with van der Waals surface area (Å²) in [6, 6.07) is 11.0. The molecule has 2 nitrogen and oxygen atoms in total. The second-order valence-corrected chi connectivity index (χ2v) is 5.96. The van der Waals surface area contributed by atoms with E-state index in [1.807, 2.05) is 6.20 Å². The summed E-state index contributed by atoms with van der Waals surface area (Å²) in [5.74, 6) is 1.06. The standard InChI is InChI=1S/C17H23ClN2/c1-3-7-16(18)13-17(20-11-10-19-14(20)2)12-15-8-5-4-6-9-15/h4-6,8-11,16-17H,3,7,12-13H2,1-2H3. The minimum atomic E-state index is 0.232. The Hall–Kier alpha value is -1.28. The molecule has 0 saturated carbocycles. The van der Waals surface area contributed by atoms with Crippen LogP contribution in [-0.2, 0) is 6.42 Å². The first-order valence-corrected chi connectivity index (χ1v) is 7.81. The summed E-state index contributed by atoms with van der Waals surface area (Å²) in [4.78, 5) is 4.35. The molecule has 108 valence electrons. The molecule has 2 atom stereocenters. The van der Waals surface area contributed by atoms with E-state index in [9.17, 15) is 0 Å². The zero-order chi connectivity index (χ0) is 14.4. The number of imidazole rings is 1. The van der Waals surface area contributed by atoms with Crippen LogP contribution in [0.5, 0.6) is 0 Å². The molecule has 0 N–H and O–H groups in total. The Morgan fingerprint density at radius 3 is 2.60 bits per heavy atom. The van der Waals surface area contributed by atoms with Crippen LogP contribution in [0.4, 0.5) is 0 Å². The maximum Gasteiger partial charge on any atom is 0.105 e. The molecule has 0 amide bonds. The van der Waals surface area contributed by atoms with Gasteiger partial charge in [-0.3, -0.25) is 0 Å². The van der Waals surface area contributed by atoms with E-state index >= 15 is 0 Å². The number of nitrogens with zero attached hydrogens (tertiary/aromatic N) is 2. The molecular formula is C17H23ClN2. The van der Waals surface area contributed by atoms with Gasteiger partial charge < -0.3 is 4.57 Å². The first-order valence-electron chi connectivity index (χ1n) is 7.38. The van der Waals surface area contributed by atoms with Gasteiger partial charge in [0, 0.05) is 23.8 Å². The molecule has 0 aliphatic heterocycles. The van der Waals surface area contributed by atoms with Crippen molar-refractivity contribution < 1.29 is 0 Å². The first kappa shape index (κ1) is 15.1. The molecule has 1 heterocycles. The van der Waals surface area contributed by atoms with Crippen molar-refractivity contribution in [3.63, 3.8) is 0 Å². The molecule has 0 spiro atoms. The number of hydrogen-bond acceptors (Lipinski definition) is 1. The van der Waals surface area contributed by atoms with Crippen molar-refractivity contribution in [1.29, 1.82) is 0 Å². The lowest BCUT2D eigenvalue weighted by Crippen LogP contribution is -2.17. The van der Waals surface area contributed by atoms with E-state index in [4.69, 9.17) is 11.6 Å². The summed E-state index contributed by atoms with van der Waals surface area (Å²) in [7, 11) is 0.